The molecule has 0 atom stereocenters. The third kappa shape index (κ3) is 5.53. The minimum Gasteiger partial charge on any atom is -0.395 e. The van der Waals surface area contributed by atoms with Crippen molar-refractivity contribution in [3.8, 4) is 11.5 Å². The number of amides is 1. The summed E-state index contributed by atoms with van der Waals surface area (Å²) in [6.45, 7) is 2.29. The van der Waals surface area contributed by atoms with Crippen molar-refractivity contribution in [1.29, 1.82) is 0 Å². The van der Waals surface area contributed by atoms with E-state index in [0.717, 1.165) is 28.9 Å². The summed E-state index contributed by atoms with van der Waals surface area (Å²) in [5.41, 5.74) is 2.92. The van der Waals surface area contributed by atoms with E-state index in [1.807, 2.05) is 18.0 Å². The molecule has 1 amide bonds. The van der Waals surface area contributed by atoms with Gasteiger partial charge in [0.2, 0.25) is 5.95 Å². The molecule has 214 valence electrons. The number of hydrogen-bond acceptors (Lipinski definition) is 7. The van der Waals surface area contributed by atoms with Gasteiger partial charge in [0.25, 0.3) is 5.91 Å². The van der Waals surface area contributed by atoms with E-state index in [9.17, 15) is 26.7 Å². The number of fused-ring (bicyclic) bond motifs is 2. The van der Waals surface area contributed by atoms with Crippen LogP contribution in [0, 0.1) is 6.92 Å². The van der Waals surface area contributed by atoms with Crippen LogP contribution in [-0.4, -0.2) is 22.2 Å². The monoisotopic (exact) mass is 581 g/mol. The predicted molar refractivity (Wildman–Crippen MR) is 144 cm³/mol. The number of nitrogens with zero attached hydrogens (tertiary/aromatic N) is 3. The lowest BCUT2D eigenvalue weighted by atomic mass is 10.1. The molecule has 0 aliphatic carbocycles. The number of rotatable bonds is 5. The van der Waals surface area contributed by atoms with E-state index in [1.54, 1.807) is 30.5 Å². The van der Waals surface area contributed by atoms with Gasteiger partial charge in [0.15, 0.2) is 11.5 Å². The topological polar surface area (TPSA) is 88.6 Å². The maximum atomic E-state index is 13.3. The van der Waals surface area contributed by atoms with Crippen LogP contribution in [-0.2, 0) is 12.7 Å². The fourth-order valence-electron chi connectivity index (χ4n) is 4.50. The molecule has 0 radical (unpaired) electrons. The fraction of sp³-hybridized carbons (Fsp3) is 0.138. The molecular formula is C29H20F5N5O3. The van der Waals surface area contributed by atoms with Gasteiger partial charge in [-0.25, -0.2) is 9.97 Å². The molecule has 42 heavy (non-hydrogen) atoms. The Morgan fingerprint density at radius 1 is 1.00 bits per heavy atom. The molecule has 2 aliphatic rings. The molecule has 6 rings (SSSR count). The second kappa shape index (κ2) is 10.0. The lowest BCUT2D eigenvalue weighted by Gasteiger charge is -2.27. The van der Waals surface area contributed by atoms with E-state index in [2.05, 4.69) is 30.1 Å². The van der Waals surface area contributed by atoms with Crippen molar-refractivity contribution in [2.24, 2.45) is 0 Å². The summed E-state index contributed by atoms with van der Waals surface area (Å²) in [5.74, 6) is -0.607. The van der Waals surface area contributed by atoms with Gasteiger partial charge in [0, 0.05) is 46.7 Å². The number of aryl methyl sites for hydroxylation is 1. The highest BCUT2D eigenvalue weighted by molar-refractivity contribution is 6.04. The van der Waals surface area contributed by atoms with Crippen LogP contribution in [0.5, 0.6) is 11.5 Å². The first-order valence-electron chi connectivity index (χ1n) is 12.5. The Hall–Kier alpha value is -5.20. The number of halogens is 5. The molecule has 1 aromatic heterocycles. The van der Waals surface area contributed by atoms with Crippen LogP contribution in [0.4, 0.5) is 45.0 Å². The van der Waals surface area contributed by atoms with Gasteiger partial charge in [0.1, 0.15) is 0 Å². The third-order valence-corrected chi connectivity index (χ3v) is 6.54. The molecule has 13 heteroatoms. The quantitative estimate of drug-likeness (QED) is 0.243. The highest BCUT2D eigenvalue weighted by Crippen LogP contribution is 2.42. The first kappa shape index (κ1) is 27.0. The minimum atomic E-state index is -4.56. The molecule has 3 aromatic carbocycles. The molecule has 2 N–H and O–H groups in total. The Kier molecular flexibility index (Phi) is 6.44. The summed E-state index contributed by atoms with van der Waals surface area (Å²) in [4.78, 5) is 23.5. The zero-order valence-electron chi connectivity index (χ0n) is 21.7. The fourth-order valence-corrected chi connectivity index (χ4v) is 4.50. The highest BCUT2D eigenvalue weighted by Gasteiger charge is 2.43. The van der Waals surface area contributed by atoms with Gasteiger partial charge in [-0.2, -0.15) is 13.2 Å². The summed E-state index contributed by atoms with van der Waals surface area (Å²) in [7, 11) is 0. The summed E-state index contributed by atoms with van der Waals surface area (Å²) in [5, 5.41) is 5.63. The number of anilines is 4. The normalized spacial score (nSPS) is 14.9. The van der Waals surface area contributed by atoms with Crippen LogP contribution < -0.4 is 25.0 Å². The Morgan fingerprint density at radius 2 is 1.79 bits per heavy atom. The van der Waals surface area contributed by atoms with Crippen LogP contribution in [0.1, 0.15) is 32.7 Å². The average Bonchev–Trinajstić information content (AvgIpc) is 3.26. The second-order valence-corrected chi connectivity index (χ2v) is 9.54. The third-order valence-electron chi connectivity index (χ3n) is 6.54. The molecular weight excluding hydrogens is 561 g/mol. The van der Waals surface area contributed by atoms with Crippen LogP contribution in [0.2, 0.25) is 0 Å². The molecule has 0 spiro atoms. The average molecular weight is 582 g/mol. The molecule has 0 unspecified atom stereocenters. The minimum absolute atomic E-state index is 0.0745. The Morgan fingerprint density at radius 3 is 2.60 bits per heavy atom. The highest BCUT2D eigenvalue weighted by atomic mass is 19.4. The molecule has 3 heterocycles. The first-order chi connectivity index (χ1) is 19.9. The Balaban J connectivity index is 1.16. The van der Waals surface area contributed by atoms with E-state index in [0.29, 0.717) is 23.6 Å². The second-order valence-electron chi connectivity index (χ2n) is 9.54. The number of aromatic nitrogens is 2. The SMILES string of the molecule is Cc1ccc(NC(=O)c2cccc(C(F)(F)F)c2)cc1N1C=Cc2nc(Nc3ccc4c(c3)OC(F)(F)O4)ncc2C1. The van der Waals surface area contributed by atoms with Crippen LogP contribution in [0.15, 0.2) is 73.1 Å². The van der Waals surface area contributed by atoms with E-state index < -0.39 is 23.9 Å². The molecule has 2 aliphatic heterocycles. The lowest BCUT2D eigenvalue weighted by Crippen LogP contribution is -2.25. The largest absolute Gasteiger partial charge is 0.586 e. The maximum absolute atomic E-state index is 13.3. The van der Waals surface area contributed by atoms with Gasteiger partial charge in [0.05, 0.1) is 17.8 Å². The number of benzene rings is 3. The summed E-state index contributed by atoms with van der Waals surface area (Å²) < 4.78 is 74.7. The number of carbonyl (C=O) groups excluding carboxylic acids is 1. The molecule has 0 bridgehead atoms. The summed E-state index contributed by atoms with van der Waals surface area (Å²) >= 11 is 0. The Bertz CT molecular complexity index is 1740. The van der Waals surface area contributed by atoms with Crippen molar-refractivity contribution in [2.45, 2.75) is 25.9 Å². The van der Waals surface area contributed by atoms with E-state index in [1.165, 1.54) is 30.3 Å². The van der Waals surface area contributed by atoms with E-state index in [-0.39, 0.29) is 23.0 Å². The Labute approximate surface area is 235 Å². The van der Waals surface area contributed by atoms with Crippen molar-refractivity contribution in [2.75, 3.05) is 15.5 Å². The predicted octanol–water partition coefficient (Wildman–Crippen LogP) is 7.11. The van der Waals surface area contributed by atoms with Gasteiger partial charge in [-0.1, -0.05) is 12.1 Å². The first-order valence-corrected chi connectivity index (χ1v) is 12.5. The van der Waals surface area contributed by atoms with E-state index in [4.69, 9.17) is 0 Å². The zero-order valence-corrected chi connectivity index (χ0v) is 21.7. The number of alkyl halides is 5. The molecule has 8 nitrogen and oxygen atoms in total. The number of carbonyl (C=O) groups is 1. The molecule has 4 aromatic rings. The van der Waals surface area contributed by atoms with Gasteiger partial charge >= 0.3 is 12.5 Å². The smallest absolute Gasteiger partial charge is 0.395 e. The van der Waals surface area contributed by atoms with Crippen LogP contribution in [0.3, 0.4) is 0 Å². The van der Waals surface area contributed by atoms with Crippen molar-refractivity contribution in [1.82, 2.24) is 9.97 Å². The summed E-state index contributed by atoms with van der Waals surface area (Å²) in [6.07, 6.45) is -3.05. The number of hydrogen-bond donors (Lipinski definition) is 2. The number of nitrogens with one attached hydrogen (secondary N) is 2. The molecule has 0 saturated carbocycles. The van der Waals surface area contributed by atoms with Gasteiger partial charge in [-0.05, 0) is 61.0 Å². The van der Waals surface area contributed by atoms with Crippen molar-refractivity contribution >= 4 is 35.0 Å². The van der Waals surface area contributed by atoms with Crippen LogP contribution in [0.25, 0.3) is 6.08 Å². The maximum Gasteiger partial charge on any atom is 0.586 e. The van der Waals surface area contributed by atoms with Crippen molar-refractivity contribution in [3.05, 3.63) is 101 Å². The van der Waals surface area contributed by atoms with Gasteiger partial charge in [-0.15, -0.1) is 8.78 Å². The van der Waals surface area contributed by atoms with Crippen molar-refractivity contribution < 1.29 is 36.2 Å². The van der Waals surface area contributed by atoms with Gasteiger partial charge in [-0.3, -0.25) is 4.79 Å². The van der Waals surface area contributed by atoms with Crippen LogP contribution >= 0.6 is 0 Å². The van der Waals surface area contributed by atoms with Gasteiger partial charge < -0.3 is 25.0 Å². The molecule has 0 fully saturated rings. The number of ether oxygens (including phenoxy) is 2. The lowest BCUT2D eigenvalue weighted by molar-refractivity contribution is -0.286. The van der Waals surface area contributed by atoms with Crippen molar-refractivity contribution in [3.63, 3.8) is 0 Å². The molecule has 0 saturated heterocycles. The summed E-state index contributed by atoms with van der Waals surface area (Å²) in [6, 6.07) is 13.7. The standard InChI is InChI=1S/C29H20F5N5O3/c1-16-5-6-20(36-26(40)17-3-2-4-19(11-17)28(30,31)32)12-23(16)39-10-9-22-18(15-39)14-35-27(38-22)37-21-7-8-24-25(13-21)42-29(33,34)41-24/h2-14H,15H2,1H3,(H,36,40)(H,35,37,38). The zero-order chi connectivity index (χ0) is 29.6. The van der Waals surface area contributed by atoms with E-state index >= 15 is 0 Å².